The Morgan fingerprint density at radius 1 is 1.19 bits per heavy atom. The molecule has 6 heteroatoms. The predicted octanol–water partition coefficient (Wildman–Crippen LogP) is 4.36. The van der Waals surface area contributed by atoms with Gasteiger partial charge in [0.25, 0.3) is 5.91 Å². The molecular weight excluding hydrogens is 357 g/mol. The molecule has 132 valence electrons. The van der Waals surface area contributed by atoms with Crippen molar-refractivity contribution in [2.45, 2.75) is 6.92 Å². The Morgan fingerprint density at radius 3 is 2.58 bits per heavy atom. The van der Waals surface area contributed by atoms with Gasteiger partial charge in [-0.25, -0.2) is 9.18 Å². The number of carbonyl (C=O) groups is 2. The summed E-state index contributed by atoms with van der Waals surface area (Å²) in [6.07, 6.45) is 1.55. The van der Waals surface area contributed by atoms with E-state index >= 15 is 0 Å². The molecule has 1 amide bonds. The number of carbonyl (C=O) groups excluding carboxylic acids is 2. The van der Waals surface area contributed by atoms with Gasteiger partial charge in [-0.1, -0.05) is 35.9 Å². The zero-order valence-corrected chi connectivity index (χ0v) is 14.9. The van der Waals surface area contributed by atoms with Crippen molar-refractivity contribution < 1.29 is 18.7 Å². The summed E-state index contributed by atoms with van der Waals surface area (Å²) in [5, 5.41) is 0.496. The molecule has 0 bridgehead atoms. The van der Waals surface area contributed by atoms with Crippen LogP contribution in [0, 0.1) is 5.82 Å². The Balaban J connectivity index is 2.17. The average Bonchev–Trinajstić information content (AvgIpc) is 2.85. The number of anilines is 1. The van der Waals surface area contributed by atoms with E-state index in [1.54, 1.807) is 43.3 Å². The van der Waals surface area contributed by atoms with Crippen molar-refractivity contribution in [2.75, 3.05) is 12.0 Å². The van der Waals surface area contributed by atoms with Crippen LogP contribution in [0.5, 0.6) is 0 Å². The molecule has 26 heavy (non-hydrogen) atoms. The molecule has 3 rings (SSSR count). The van der Waals surface area contributed by atoms with E-state index in [0.717, 1.165) is 0 Å². The molecule has 0 atom stereocenters. The highest BCUT2D eigenvalue weighted by molar-refractivity contribution is 6.30. The van der Waals surface area contributed by atoms with E-state index in [9.17, 15) is 14.0 Å². The minimum Gasteiger partial charge on any atom is -0.465 e. The first-order valence-electron chi connectivity index (χ1n) is 7.80. The van der Waals surface area contributed by atoms with E-state index in [0.29, 0.717) is 16.3 Å². The highest BCUT2D eigenvalue weighted by Gasteiger charge is 2.38. The molecule has 0 fully saturated rings. The average molecular weight is 372 g/mol. The molecule has 1 heterocycles. The van der Waals surface area contributed by atoms with E-state index in [1.165, 1.54) is 30.2 Å². The van der Waals surface area contributed by atoms with Gasteiger partial charge >= 0.3 is 5.97 Å². The van der Waals surface area contributed by atoms with E-state index in [2.05, 4.69) is 0 Å². The van der Waals surface area contributed by atoms with Crippen LogP contribution in [0.3, 0.4) is 0 Å². The predicted molar refractivity (Wildman–Crippen MR) is 98.0 cm³/mol. The second-order valence-electron chi connectivity index (χ2n) is 5.66. The Bertz CT molecular complexity index is 965. The van der Waals surface area contributed by atoms with Crippen LogP contribution in [-0.4, -0.2) is 19.0 Å². The SMILES string of the molecule is COC(=O)C1=C(C)N(c2ccccc2F)C(=O)/C1=C\c1cccc(Cl)c1. The Labute approximate surface area is 155 Å². The third-order valence-electron chi connectivity index (χ3n) is 4.04. The number of benzene rings is 2. The number of amides is 1. The molecule has 4 nitrogen and oxygen atoms in total. The lowest BCUT2D eigenvalue weighted by Gasteiger charge is -2.18. The number of methoxy groups -OCH3 is 1. The lowest BCUT2D eigenvalue weighted by Crippen LogP contribution is -2.25. The number of para-hydroxylation sites is 1. The standard InChI is InChI=1S/C20H15ClFNO3/c1-12-18(20(25)26-2)15(11-13-6-5-7-14(21)10-13)19(24)23(12)17-9-4-3-8-16(17)22/h3-11H,1-2H3/b15-11-. The zero-order valence-electron chi connectivity index (χ0n) is 14.1. The summed E-state index contributed by atoms with van der Waals surface area (Å²) >= 11 is 5.99. The van der Waals surface area contributed by atoms with Gasteiger partial charge < -0.3 is 4.74 Å². The maximum Gasteiger partial charge on any atom is 0.340 e. The number of rotatable bonds is 3. The van der Waals surface area contributed by atoms with Crippen molar-refractivity contribution in [3.8, 4) is 0 Å². The van der Waals surface area contributed by atoms with Crippen LogP contribution in [0.1, 0.15) is 12.5 Å². The van der Waals surface area contributed by atoms with Crippen molar-refractivity contribution >= 4 is 35.2 Å². The van der Waals surface area contributed by atoms with Crippen LogP contribution in [0.25, 0.3) is 6.08 Å². The second-order valence-corrected chi connectivity index (χ2v) is 6.09. The van der Waals surface area contributed by atoms with Gasteiger partial charge in [0, 0.05) is 10.7 Å². The first kappa shape index (κ1) is 17.9. The van der Waals surface area contributed by atoms with Crippen LogP contribution < -0.4 is 4.90 Å². The van der Waals surface area contributed by atoms with Gasteiger partial charge in [0.05, 0.1) is 23.9 Å². The van der Waals surface area contributed by atoms with E-state index < -0.39 is 17.7 Å². The number of nitrogens with zero attached hydrogens (tertiary/aromatic N) is 1. The molecule has 2 aromatic rings. The summed E-state index contributed by atoms with van der Waals surface area (Å²) in [6, 6.07) is 12.7. The number of ether oxygens (including phenoxy) is 1. The molecule has 0 unspecified atom stereocenters. The molecular formula is C20H15ClFNO3. The summed E-state index contributed by atoms with van der Waals surface area (Å²) in [4.78, 5) is 26.5. The van der Waals surface area contributed by atoms with Crippen molar-refractivity contribution in [3.05, 3.63) is 81.8 Å². The van der Waals surface area contributed by atoms with Gasteiger partial charge in [-0.15, -0.1) is 0 Å². The fraction of sp³-hybridized carbons (Fsp3) is 0.100. The fourth-order valence-corrected chi connectivity index (χ4v) is 3.06. The van der Waals surface area contributed by atoms with Crippen molar-refractivity contribution in [3.63, 3.8) is 0 Å². The van der Waals surface area contributed by atoms with Crippen molar-refractivity contribution in [1.29, 1.82) is 0 Å². The van der Waals surface area contributed by atoms with E-state index in [1.807, 2.05) is 0 Å². The van der Waals surface area contributed by atoms with Crippen molar-refractivity contribution in [1.82, 2.24) is 0 Å². The van der Waals surface area contributed by atoms with Crippen LogP contribution in [0.2, 0.25) is 5.02 Å². The van der Waals surface area contributed by atoms with Crippen LogP contribution in [0.15, 0.2) is 65.4 Å². The Kier molecular flexibility index (Phi) is 4.91. The molecule has 0 aliphatic carbocycles. The number of hydrogen-bond acceptors (Lipinski definition) is 3. The van der Waals surface area contributed by atoms with Gasteiger partial charge in [-0.2, -0.15) is 0 Å². The lowest BCUT2D eigenvalue weighted by molar-refractivity contribution is -0.136. The number of allylic oxidation sites excluding steroid dienone is 1. The van der Waals surface area contributed by atoms with E-state index in [4.69, 9.17) is 16.3 Å². The third-order valence-corrected chi connectivity index (χ3v) is 4.28. The molecule has 1 aliphatic rings. The molecule has 2 aromatic carbocycles. The minimum atomic E-state index is -0.664. The monoisotopic (exact) mass is 371 g/mol. The summed E-state index contributed by atoms with van der Waals surface area (Å²) in [6.45, 7) is 1.58. The largest absolute Gasteiger partial charge is 0.465 e. The quantitative estimate of drug-likeness (QED) is 0.595. The summed E-state index contributed by atoms with van der Waals surface area (Å²) in [5.41, 5.74) is 1.25. The molecule has 1 aliphatic heterocycles. The minimum absolute atomic E-state index is 0.0749. The summed E-state index contributed by atoms with van der Waals surface area (Å²) in [5.74, 6) is -1.73. The third kappa shape index (κ3) is 3.13. The smallest absolute Gasteiger partial charge is 0.340 e. The van der Waals surface area contributed by atoms with Gasteiger partial charge in [0.15, 0.2) is 0 Å². The maximum atomic E-state index is 14.2. The van der Waals surface area contributed by atoms with Crippen molar-refractivity contribution in [2.24, 2.45) is 0 Å². The Hall–Kier alpha value is -2.92. The molecule has 0 N–H and O–H groups in total. The first-order valence-corrected chi connectivity index (χ1v) is 8.17. The topological polar surface area (TPSA) is 46.6 Å². The Morgan fingerprint density at radius 2 is 1.92 bits per heavy atom. The van der Waals surface area contributed by atoms with Gasteiger partial charge in [-0.05, 0) is 42.8 Å². The van der Waals surface area contributed by atoms with Crippen LogP contribution in [-0.2, 0) is 14.3 Å². The van der Waals surface area contributed by atoms with Gasteiger partial charge in [-0.3, -0.25) is 9.69 Å². The molecule has 0 saturated carbocycles. The van der Waals surface area contributed by atoms with Gasteiger partial charge in [0.2, 0.25) is 0 Å². The number of halogens is 2. The molecule has 0 saturated heterocycles. The number of hydrogen-bond donors (Lipinski definition) is 0. The number of esters is 1. The second kappa shape index (κ2) is 7.14. The van der Waals surface area contributed by atoms with Gasteiger partial charge in [0.1, 0.15) is 5.82 Å². The normalized spacial score (nSPS) is 15.8. The summed E-state index contributed by atoms with van der Waals surface area (Å²) < 4.78 is 19.1. The van der Waals surface area contributed by atoms with E-state index in [-0.39, 0.29) is 16.8 Å². The molecule has 0 radical (unpaired) electrons. The summed E-state index contributed by atoms with van der Waals surface area (Å²) in [7, 11) is 1.23. The highest BCUT2D eigenvalue weighted by Crippen LogP contribution is 2.36. The van der Waals surface area contributed by atoms with Crippen LogP contribution >= 0.6 is 11.6 Å². The fourth-order valence-electron chi connectivity index (χ4n) is 2.87. The maximum absolute atomic E-state index is 14.2. The first-order chi connectivity index (χ1) is 12.4. The molecule has 0 aromatic heterocycles. The zero-order chi connectivity index (χ0) is 18.8. The lowest BCUT2D eigenvalue weighted by atomic mass is 10.0. The molecule has 0 spiro atoms. The van der Waals surface area contributed by atoms with Crippen LogP contribution in [0.4, 0.5) is 10.1 Å². The highest BCUT2D eigenvalue weighted by atomic mass is 35.5.